The van der Waals surface area contributed by atoms with E-state index in [0.29, 0.717) is 5.76 Å². The largest absolute Gasteiger partial charge is 0.668 e. The summed E-state index contributed by atoms with van der Waals surface area (Å²) in [5.41, 5.74) is 5.24. The van der Waals surface area contributed by atoms with E-state index in [9.17, 15) is 4.79 Å². The molecule has 4 nitrogen and oxygen atoms in total. The molecule has 0 aliphatic rings. The number of ether oxygens (including phenoxy) is 1. The molecule has 4 rings (SSSR count). The zero-order chi connectivity index (χ0) is 21.5. The number of benzene rings is 3. The molecule has 31 heavy (non-hydrogen) atoms. The molecule has 5 heteroatoms. The monoisotopic (exact) mass is 589 g/mol. The van der Waals surface area contributed by atoms with Gasteiger partial charge in [-0.05, 0) is 38.1 Å². The van der Waals surface area contributed by atoms with Crippen LogP contribution in [0, 0.1) is 14.0 Å². The third kappa shape index (κ3) is 5.94. The van der Waals surface area contributed by atoms with E-state index in [1.165, 1.54) is 13.0 Å². The van der Waals surface area contributed by atoms with Crippen molar-refractivity contribution in [1.82, 2.24) is 9.55 Å². The Balaban J connectivity index is 0.000000329. The van der Waals surface area contributed by atoms with Gasteiger partial charge in [-0.3, -0.25) is 4.79 Å². The van der Waals surface area contributed by atoms with Crippen molar-refractivity contribution in [3.05, 3.63) is 110 Å². The molecule has 0 spiro atoms. The van der Waals surface area contributed by atoms with Gasteiger partial charge in [0.2, 0.25) is 0 Å². The Morgan fingerprint density at radius 1 is 0.935 bits per heavy atom. The van der Waals surface area contributed by atoms with Crippen LogP contribution < -0.4 is 0 Å². The van der Waals surface area contributed by atoms with Gasteiger partial charge in [0.05, 0.1) is 22.6 Å². The molecule has 3 aromatic carbocycles. The number of aromatic nitrogens is 2. The second kappa shape index (κ2) is 11.3. The summed E-state index contributed by atoms with van der Waals surface area (Å²) in [5, 5.41) is 0. The van der Waals surface area contributed by atoms with E-state index in [4.69, 9.17) is 4.98 Å². The summed E-state index contributed by atoms with van der Waals surface area (Å²) in [5.74, 6) is 1.45. The number of nitrogens with zero attached hydrogens (tertiary/aromatic N) is 2. The summed E-state index contributed by atoms with van der Waals surface area (Å²) in [6.45, 7) is 7.28. The number of carbonyl (C=O) groups is 1. The van der Waals surface area contributed by atoms with Gasteiger partial charge in [-0.15, -0.1) is 12.1 Å². The fourth-order valence-electron chi connectivity index (χ4n) is 3.11. The second-order valence-electron chi connectivity index (χ2n) is 6.76. The van der Waals surface area contributed by atoms with Crippen LogP contribution in [0.5, 0.6) is 0 Å². The minimum atomic E-state index is -0.0221. The number of para-hydroxylation sites is 3. The quantitative estimate of drug-likeness (QED) is 0.163. The van der Waals surface area contributed by atoms with Crippen molar-refractivity contribution in [2.45, 2.75) is 13.8 Å². The standard InChI is InChI=1S/C20H15N2.C6H9O2.Ir/c1-15-9-5-6-12-17(15)20-21-18-13-7-8-14-19(18)22(20)16-10-3-2-4-11-16;1-5(7)4-6(2)8-3;/h2-14H,1H2;4H,3H2,1-2H3;/q2*-1;/b;6-4-;. The number of carbonyl (C=O) groups excluding carboxylic acids is 1. The molecule has 0 unspecified atom stereocenters. The molecule has 1 aromatic heterocycles. The van der Waals surface area contributed by atoms with Crippen molar-refractivity contribution in [1.29, 1.82) is 0 Å². The van der Waals surface area contributed by atoms with Crippen LogP contribution in [0.25, 0.3) is 28.1 Å². The normalized spacial score (nSPS) is 10.6. The van der Waals surface area contributed by atoms with Crippen LogP contribution in [0.15, 0.2) is 90.7 Å². The van der Waals surface area contributed by atoms with Crippen LogP contribution in [0.1, 0.15) is 19.4 Å². The van der Waals surface area contributed by atoms with Crippen LogP contribution in [-0.2, 0) is 29.6 Å². The van der Waals surface area contributed by atoms with E-state index in [1.54, 1.807) is 6.92 Å². The number of imidazole rings is 1. The molecule has 0 N–H and O–H groups in total. The summed E-state index contributed by atoms with van der Waals surface area (Å²) in [4.78, 5) is 15.1. The molecule has 0 aliphatic carbocycles. The summed E-state index contributed by atoms with van der Waals surface area (Å²) < 4.78 is 6.65. The Bertz CT molecular complexity index is 1180. The molecule has 0 fully saturated rings. The molecule has 0 saturated heterocycles. The summed E-state index contributed by atoms with van der Waals surface area (Å²) in [6, 6.07) is 26.6. The first-order valence-electron chi connectivity index (χ1n) is 9.56. The zero-order valence-electron chi connectivity index (χ0n) is 17.5. The molecular formula is C26H24IrN2O2-2. The van der Waals surface area contributed by atoms with Crippen LogP contribution in [0.3, 0.4) is 0 Å². The first-order valence-corrected chi connectivity index (χ1v) is 9.56. The molecule has 4 aromatic rings. The summed E-state index contributed by atoms with van der Waals surface area (Å²) in [6.07, 6.45) is 1.38. The van der Waals surface area contributed by atoms with Crippen molar-refractivity contribution in [3.8, 4) is 17.1 Å². The van der Waals surface area contributed by atoms with Crippen molar-refractivity contribution in [2.75, 3.05) is 0 Å². The average molecular weight is 589 g/mol. The van der Waals surface area contributed by atoms with Crippen LogP contribution in [0.4, 0.5) is 0 Å². The molecule has 0 saturated carbocycles. The molecule has 0 amide bonds. The Morgan fingerprint density at radius 3 is 2.16 bits per heavy atom. The van der Waals surface area contributed by atoms with Crippen molar-refractivity contribution in [2.24, 2.45) is 0 Å². The maximum absolute atomic E-state index is 10.2. The van der Waals surface area contributed by atoms with Crippen LogP contribution in [-0.4, -0.2) is 15.3 Å². The molecule has 161 valence electrons. The predicted molar refractivity (Wildman–Crippen MR) is 122 cm³/mol. The predicted octanol–water partition coefficient (Wildman–Crippen LogP) is 6.16. The topological polar surface area (TPSA) is 44.1 Å². The van der Waals surface area contributed by atoms with Gasteiger partial charge < -0.3 is 9.30 Å². The van der Waals surface area contributed by atoms with Gasteiger partial charge in [0.15, 0.2) is 5.78 Å². The maximum atomic E-state index is 10.2. The minimum Gasteiger partial charge on any atom is -0.668 e. The Labute approximate surface area is 196 Å². The fourth-order valence-corrected chi connectivity index (χ4v) is 3.11. The number of allylic oxidation sites excluding steroid dienone is 2. The van der Waals surface area contributed by atoms with E-state index in [-0.39, 0.29) is 25.9 Å². The van der Waals surface area contributed by atoms with Gasteiger partial charge in [0.1, 0.15) is 0 Å². The third-order valence-electron chi connectivity index (χ3n) is 4.47. The van der Waals surface area contributed by atoms with Gasteiger partial charge in [-0.1, -0.05) is 42.0 Å². The Kier molecular flexibility index (Phi) is 8.80. The smallest absolute Gasteiger partial charge is 0.155 e. The molecule has 1 radical (unpaired) electrons. The maximum Gasteiger partial charge on any atom is 0.155 e. The van der Waals surface area contributed by atoms with E-state index < -0.39 is 0 Å². The first-order chi connectivity index (χ1) is 14.5. The van der Waals surface area contributed by atoms with Crippen molar-refractivity contribution >= 4 is 16.8 Å². The van der Waals surface area contributed by atoms with Gasteiger partial charge in [-0.2, -0.15) is 25.7 Å². The van der Waals surface area contributed by atoms with E-state index in [2.05, 4.69) is 47.6 Å². The number of hydrogen-bond donors (Lipinski definition) is 0. The van der Waals surface area contributed by atoms with Crippen molar-refractivity contribution in [3.63, 3.8) is 0 Å². The van der Waals surface area contributed by atoms with Gasteiger partial charge in [-0.25, -0.2) is 4.98 Å². The van der Waals surface area contributed by atoms with E-state index in [1.807, 2.05) is 54.6 Å². The molecule has 0 atom stereocenters. The number of rotatable bonds is 4. The zero-order valence-corrected chi connectivity index (χ0v) is 19.9. The molecule has 0 bridgehead atoms. The SMILES string of the molecule is [CH2-]O/C(C)=C\C(C)=O.[CH2-]c1ccccc1-c1nc2ccccc2n1-c1ccccc1.[Ir]. The van der Waals surface area contributed by atoms with E-state index in [0.717, 1.165) is 33.7 Å². The van der Waals surface area contributed by atoms with Gasteiger partial charge in [0, 0.05) is 31.9 Å². The third-order valence-corrected chi connectivity index (χ3v) is 4.47. The summed E-state index contributed by atoms with van der Waals surface area (Å²) in [7, 11) is 3.12. The van der Waals surface area contributed by atoms with Gasteiger partial charge in [0.25, 0.3) is 0 Å². The fraction of sp³-hybridized carbons (Fsp3) is 0.0769. The molecule has 0 aliphatic heterocycles. The number of fused-ring (bicyclic) bond motifs is 1. The minimum absolute atomic E-state index is 0. The Hall–Kier alpha value is -3.14. The summed E-state index contributed by atoms with van der Waals surface area (Å²) >= 11 is 0. The molecule has 1 heterocycles. The van der Waals surface area contributed by atoms with Crippen molar-refractivity contribution < 1.29 is 29.6 Å². The number of ketones is 1. The molecular weight excluding hydrogens is 565 g/mol. The van der Waals surface area contributed by atoms with Crippen LogP contribution in [0.2, 0.25) is 0 Å². The first kappa shape index (κ1) is 24.1. The van der Waals surface area contributed by atoms with Crippen LogP contribution >= 0.6 is 0 Å². The Morgan fingerprint density at radius 2 is 1.55 bits per heavy atom. The number of hydrogen-bond acceptors (Lipinski definition) is 3. The van der Waals surface area contributed by atoms with E-state index >= 15 is 0 Å². The van der Waals surface area contributed by atoms with Gasteiger partial charge >= 0.3 is 0 Å². The second-order valence-corrected chi connectivity index (χ2v) is 6.76. The average Bonchev–Trinajstić information content (AvgIpc) is 3.14.